The van der Waals surface area contributed by atoms with Crippen LogP contribution in [0.4, 0.5) is 4.39 Å². The lowest BCUT2D eigenvalue weighted by molar-refractivity contribution is 0.156. The first-order valence-corrected chi connectivity index (χ1v) is 7.15. The van der Waals surface area contributed by atoms with Gasteiger partial charge in [0.2, 0.25) is 0 Å². The van der Waals surface area contributed by atoms with Crippen molar-refractivity contribution in [2.24, 2.45) is 5.73 Å². The summed E-state index contributed by atoms with van der Waals surface area (Å²) in [5, 5.41) is 0. The molecule has 0 amide bonds. The monoisotopic (exact) mass is 255 g/mol. The van der Waals surface area contributed by atoms with Crippen molar-refractivity contribution >= 4 is 11.8 Å². The summed E-state index contributed by atoms with van der Waals surface area (Å²) in [4.78, 5) is 0. The van der Waals surface area contributed by atoms with Crippen molar-refractivity contribution in [2.75, 3.05) is 11.5 Å². The third kappa shape index (κ3) is 3.13. The van der Waals surface area contributed by atoms with Gasteiger partial charge in [-0.3, -0.25) is 0 Å². The molecule has 0 saturated carbocycles. The van der Waals surface area contributed by atoms with Gasteiger partial charge in [-0.25, -0.2) is 4.39 Å². The molecule has 4 heteroatoms. The molecule has 1 heterocycles. The molecule has 1 aromatic carbocycles. The van der Waals surface area contributed by atoms with Crippen molar-refractivity contribution in [3.8, 4) is 5.75 Å². The van der Waals surface area contributed by atoms with E-state index >= 15 is 0 Å². The van der Waals surface area contributed by atoms with Crippen LogP contribution >= 0.6 is 11.8 Å². The van der Waals surface area contributed by atoms with E-state index in [4.69, 9.17) is 10.5 Å². The normalized spacial score (nSPS) is 23.0. The smallest absolute Gasteiger partial charge is 0.124 e. The van der Waals surface area contributed by atoms with Crippen LogP contribution in [0.5, 0.6) is 5.75 Å². The summed E-state index contributed by atoms with van der Waals surface area (Å²) in [7, 11) is 0. The average Bonchev–Trinajstić information content (AvgIpc) is 2.31. The van der Waals surface area contributed by atoms with Crippen LogP contribution in [0.15, 0.2) is 18.2 Å². The van der Waals surface area contributed by atoms with Gasteiger partial charge < -0.3 is 10.5 Å². The van der Waals surface area contributed by atoms with E-state index in [-0.39, 0.29) is 18.0 Å². The molecule has 2 nitrogen and oxygen atoms in total. The fourth-order valence-corrected chi connectivity index (χ4v) is 2.81. The van der Waals surface area contributed by atoms with Crippen molar-refractivity contribution in [3.63, 3.8) is 0 Å². The molecule has 94 valence electrons. The summed E-state index contributed by atoms with van der Waals surface area (Å²) in [6.07, 6.45) is 1.95. The Bertz CT molecular complexity index is 386. The first-order chi connectivity index (χ1) is 8.20. The van der Waals surface area contributed by atoms with Crippen molar-refractivity contribution in [1.82, 2.24) is 0 Å². The van der Waals surface area contributed by atoms with Gasteiger partial charge in [-0.05, 0) is 36.1 Å². The van der Waals surface area contributed by atoms with E-state index in [2.05, 4.69) is 6.92 Å². The second-order valence-corrected chi connectivity index (χ2v) is 5.64. The summed E-state index contributed by atoms with van der Waals surface area (Å²) in [5.74, 6) is 2.71. The predicted molar refractivity (Wildman–Crippen MR) is 70.0 cm³/mol. The largest absolute Gasteiger partial charge is 0.490 e. The highest BCUT2D eigenvalue weighted by molar-refractivity contribution is 7.99. The maximum atomic E-state index is 13.1. The van der Waals surface area contributed by atoms with Crippen LogP contribution in [0.2, 0.25) is 0 Å². The lowest BCUT2D eigenvalue weighted by Crippen LogP contribution is -2.30. The summed E-state index contributed by atoms with van der Waals surface area (Å²) in [5.41, 5.74) is 6.85. The minimum Gasteiger partial charge on any atom is -0.490 e. The lowest BCUT2D eigenvalue weighted by atomic mass is 9.96. The van der Waals surface area contributed by atoms with Gasteiger partial charge in [-0.2, -0.15) is 11.8 Å². The minimum atomic E-state index is -0.247. The highest BCUT2D eigenvalue weighted by atomic mass is 32.2. The van der Waals surface area contributed by atoms with E-state index in [1.807, 2.05) is 11.8 Å². The standard InChI is InChI=1S/C13H18FNOS/c1-2-17-6-5-10-8-12(15)11-7-9(14)3-4-13(11)16-10/h3-4,7,10,12H,2,5-6,8,15H2,1H3/t10?,12-/m0/s1. The Morgan fingerprint density at radius 1 is 1.53 bits per heavy atom. The zero-order valence-electron chi connectivity index (χ0n) is 9.99. The number of hydrogen-bond acceptors (Lipinski definition) is 3. The highest BCUT2D eigenvalue weighted by Crippen LogP contribution is 2.34. The van der Waals surface area contributed by atoms with E-state index in [0.717, 1.165) is 35.7 Å². The minimum absolute atomic E-state index is 0.105. The summed E-state index contributed by atoms with van der Waals surface area (Å²) in [6.45, 7) is 2.15. The predicted octanol–water partition coefficient (Wildman–Crippen LogP) is 3.12. The third-order valence-corrected chi connectivity index (χ3v) is 3.90. The van der Waals surface area contributed by atoms with Crippen molar-refractivity contribution in [2.45, 2.75) is 31.9 Å². The maximum Gasteiger partial charge on any atom is 0.124 e. The van der Waals surface area contributed by atoms with Crippen LogP contribution in [-0.4, -0.2) is 17.6 Å². The van der Waals surface area contributed by atoms with Gasteiger partial charge in [0.1, 0.15) is 17.7 Å². The molecular formula is C13H18FNOS. The zero-order chi connectivity index (χ0) is 12.3. The molecule has 1 aromatic rings. The molecule has 0 spiro atoms. The van der Waals surface area contributed by atoms with E-state index in [9.17, 15) is 4.39 Å². The van der Waals surface area contributed by atoms with Crippen molar-refractivity contribution in [1.29, 1.82) is 0 Å². The highest BCUT2D eigenvalue weighted by Gasteiger charge is 2.25. The molecule has 1 unspecified atom stereocenters. The molecule has 1 aliphatic heterocycles. The Morgan fingerprint density at radius 3 is 3.12 bits per heavy atom. The molecular weight excluding hydrogens is 237 g/mol. The number of halogens is 1. The van der Waals surface area contributed by atoms with Crippen LogP contribution in [0.25, 0.3) is 0 Å². The second-order valence-electron chi connectivity index (χ2n) is 4.25. The first-order valence-electron chi connectivity index (χ1n) is 6.00. The fourth-order valence-electron chi connectivity index (χ4n) is 2.09. The molecule has 1 aliphatic rings. The van der Waals surface area contributed by atoms with E-state index in [1.54, 1.807) is 6.07 Å². The Morgan fingerprint density at radius 2 is 2.35 bits per heavy atom. The van der Waals surface area contributed by atoms with Crippen LogP contribution in [0.1, 0.15) is 31.4 Å². The van der Waals surface area contributed by atoms with Crippen LogP contribution in [-0.2, 0) is 0 Å². The Labute approximate surface area is 106 Å². The maximum absolute atomic E-state index is 13.1. The SMILES string of the molecule is CCSCCC1C[C@H](N)c2cc(F)ccc2O1. The van der Waals surface area contributed by atoms with Crippen LogP contribution in [0, 0.1) is 5.82 Å². The molecule has 0 aliphatic carbocycles. The molecule has 2 atom stereocenters. The van der Waals surface area contributed by atoms with Crippen LogP contribution < -0.4 is 10.5 Å². The average molecular weight is 255 g/mol. The van der Waals surface area contributed by atoms with Gasteiger partial charge in [0.15, 0.2) is 0 Å². The number of nitrogens with two attached hydrogens (primary N) is 1. The quantitative estimate of drug-likeness (QED) is 0.840. The molecule has 17 heavy (non-hydrogen) atoms. The van der Waals surface area contributed by atoms with Gasteiger partial charge in [-0.15, -0.1) is 0 Å². The number of rotatable bonds is 4. The molecule has 2 rings (SSSR count). The van der Waals surface area contributed by atoms with E-state index < -0.39 is 0 Å². The van der Waals surface area contributed by atoms with Gasteiger partial charge >= 0.3 is 0 Å². The van der Waals surface area contributed by atoms with Gasteiger partial charge in [0.25, 0.3) is 0 Å². The molecule has 0 fully saturated rings. The molecule has 2 N–H and O–H groups in total. The summed E-state index contributed by atoms with van der Waals surface area (Å²) < 4.78 is 18.9. The Kier molecular flexibility index (Phi) is 4.29. The number of benzene rings is 1. The Hall–Kier alpha value is -0.740. The number of thioether (sulfide) groups is 1. The molecule has 0 aromatic heterocycles. The van der Waals surface area contributed by atoms with Crippen molar-refractivity contribution < 1.29 is 9.13 Å². The van der Waals surface area contributed by atoms with Crippen molar-refractivity contribution in [3.05, 3.63) is 29.6 Å². The fraction of sp³-hybridized carbons (Fsp3) is 0.538. The molecule has 0 radical (unpaired) electrons. The second kappa shape index (κ2) is 5.74. The first kappa shape index (κ1) is 12.7. The van der Waals surface area contributed by atoms with Gasteiger partial charge in [0.05, 0.1) is 0 Å². The third-order valence-electron chi connectivity index (χ3n) is 2.97. The number of fused-ring (bicyclic) bond motifs is 1. The van der Waals surface area contributed by atoms with Crippen LogP contribution in [0.3, 0.4) is 0 Å². The van der Waals surface area contributed by atoms with E-state index in [0.29, 0.717) is 0 Å². The lowest BCUT2D eigenvalue weighted by Gasteiger charge is -2.30. The molecule has 0 bridgehead atoms. The Balaban J connectivity index is 2.03. The summed E-state index contributed by atoms with van der Waals surface area (Å²) in [6, 6.07) is 4.49. The summed E-state index contributed by atoms with van der Waals surface area (Å²) >= 11 is 1.91. The van der Waals surface area contributed by atoms with E-state index in [1.165, 1.54) is 12.1 Å². The number of hydrogen-bond donors (Lipinski definition) is 1. The zero-order valence-corrected chi connectivity index (χ0v) is 10.8. The van der Waals surface area contributed by atoms with Gasteiger partial charge in [-0.1, -0.05) is 6.92 Å². The number of ether oxygens (including phenoxy) is 1. The molecule has 0 saturated heterocycles. The van der Waals surface area contributed by atoms with Gasteiger partial charge in [0, 0.05) is 18.0 Å². The topological polar surface area (TPSA) is 35.2 Å².